The van der Waals surface area contributed by atoms with Crippen LogP contribution in [0, 0.1) is 0 Å². The Labute approximate surface area is 144 Å². The Kier molecular flexibility index (Phi) is 5.07. The van der Waals surface area contributed by atoms with Gasteiger partial charge in [-0.2, -0.15) is 0 Å². The van der Waals surface area contributed by atoms with Crippen LogP contribution in [0.5, 0.6) is 0 Å². The average Bonchev–Trinajstić information content (AvgIpc) is 3.17. The molecule has 1 fully saturated rings. The van der Waals surface area contributed by atoms with Crippen LogP contribution in [0.4, 0.5) is 0 Å². The molecule has 1 atom stereocenters. The number of thioether (sulfide) groups is 1. The van der Waals surface area contributed by atoms with Gasteiger partial charge in [0.25, 0.3) is 0 Å². The number of sulfone groups is 1. The monoisotopic (exact) mass is 372 g/mol. The van der Waals surface area contributed by atoms with Gasteiger partial charge in [-0.15, -0.1) is 21.5 Å². The summed E-state index contributed by atoms with van der Waals surface area (Å²) in [6.45, 7) is 2.15. The van der Waals surface area contributed by atoms with Gasteiger partial charge in [0.05, 0.1) is 22.2 Å². The highest BCUT2D eigenvalue weighted by Gasteiger charge is 2.32. The van der Waals surface area contributed by atoms with E-state index in [2.05, 4.69) is 27.5 Å². The Bertz CT molecular complexity index is 782. The topological polar surface area (TPSA) is 77.7 Å². The maximum Gasteiger partial charge on any atom is 0.191 e. The van der Waals surface area contributed by atoms with Crippen LogP contribution < -0.4 is 0 Å². The Morgan fingerprint density at radius 2 is 2.26 bits per heavy atom. The van der Waals surface area contributed by atoms with E-state index in [-0.39, 0.29) is 17.4 Å². The van der Waals surface area contributed by atoms with Gasteiger partial charge in [0.15, 0.2) is 15.0 Å². The minimum Gasteiger partial charge on any atom is -0.309 e. The molecule has 126 valence electrons. The Morgan fingerprint density at radius 3 is 2.96 bits per heavy atom. The zero-order valence-electron chi connectivity index (χ0n) is 13.2. The Morgan fingerprint density at radius 1 is 1.43 bits per heavy atom. The Hall–Kier alpha value is -0.930. The van der Waals surface area contributed by atoms with Crippen LogP contribution >= 0.6 is 23.1 Å². The lowest BCUT2D eigenvalue weighted by molar-refractivity contribution is 0.599. The second-order valence-electron chi connectivity index (χ2n) is 5.77. The van der Waals surface area contributed by atoms with Gasteiger partial charge >= 0.3 is 0 Å². The molecule has 1 aliphatic rings. The van der Waals surface area contributed by atoms with Gasteiger partial charge in [-0.05, 0) is 19.3 Å². The fourth-order valence-corrected chi connectivity index (χ4v) is 6.24. The van der Waals surface area contributed by atoms with Gasteiger partial charge in [0.1, 0.15) is 5.82 Å². The minimum atomic E-state index is -2.91. The molecule has 3 heterocycles. The number of nitrogens with zero attached hydrogens (tertiary/aromatic N) is 4. The fourth-order valence-electron chi connectivity index (χ4n) is 2.69. The van der Waals surface area contributed by atoms with Crippen LogP contribution in [0.2, 0.25) is 0 Å². The number of aryl methyl sites for hydroxylation is 1. The SMILES string of the molecule is CCCc1nc(CSc2nnc([C@@H]3CCS(=O)(=O)C3)n2C)cs1. The molecule has 2 aromatic rings. The first-order valence-corrected chi connectivity index (χ1v) is 11.3. The summed E-state index contributed by atoms with van der Waals surface area (Å²) in [6.07, 6.45) is 2.78. The number of rotatable bonds is 6. The summed E-state index contributed by atoms with van der Waals surface area (Å²) in [5, 5.41) is 12.5. The summed E-state index contributed by atoms with van der Waals surface area (Å²) in [4.78, 5) is 4.61. The van der Waals surface area contributed by atoms with Crippen molar-refractivity contribution in [1.29, 1.82) is 0 Å². The van der Waals surface area contributed by atoms with Gasteiger partial charge in [-0.25, -0.2) is 13.4 Å². The third-order valence-corrected chi connectivity index (χ3v) is 7.66. The van der Waals surface area contributed by atoms with Crippen molar-refractivity contribution in [3.63, 3.8) is 0 Å². The van der Waals surface area contributed by atoms with Crippen molar-refractivity contribution < 1.29 is 8.42 Å². The van der Waals surface area contributed by atoms with Gasteiger partial charge in [-0.1, -0.05) is 18.7 Å². The van der Waals surface area contributed by atoms with E-state index in [4.69, 9.17) is 0 Å². The van der Waals surface area contributed by atoms with Crippen molar-refractivity contribution in [1.82, 2.24) is 19.7 Å². The summed E-state index contributed by atoms with van der Waals surface area (Å²) in [5.41, 5.74) is 1.07. The van der Waals surface area contributed by atoms with Gasteiger partial charge in [0, 0.05) is 24.1 Å². The largest absolute Gasteiger partial charge is 0.309 e. The van der Waals surface area contributed by atoms with Gasteiger partial charge in [0.2, 0.25) is 0 Å². The summed E-state index contributed by atoms with van der Waals surface area (Å²) in [5.74, 6) is 1.96. The molecule has 1 saturated heterocycles. The molecule has 0 radical (unpaired) electrons. The molecule has 3 rings (SSSR count). The molecule has 0 amide bonds. The second kappa shape index (κ2) is 6.90. The number of thiazole rings is 1. The standard InChI is InChI=1S/C14H20N4O2S3/c1-3-4-12-15-11(7-21-12)8-22-14-17-16-13(18(14)2)10-5-6-23(19,20)9-10/h7,10H,3-6,8-9H2,1-2H3/t10-/m1/s1. The molecule has 23 heavy (non-hydrogen) atoms. The summed E-state index contributed by atoms with van der Waals surface area (Å²) in [7, 11) is -0.997. The predicted octanol–water partition coefficient (Wildman–Crippen LogP) is 2.42. The van der Waals surface area contributed by atoms with Crippen molar-refractivity contribution in [2.45, 2.75) is 43.0 Å². The Balaban J connectivity index is 1.65. The molecule has 0 saturated carbocycles. The molecular formula is C14H20N4O2S3. The molecular weight excluding hydrogens is 352 g/mol. The van der Waals surface area contributed by atoms with Crippen molar-refractivity contribution in [2.75, 3.05) is 11.5 Å². The van der Waals surface area contributed by atoms with E-state index >= 15 is 0 Å². The summed E-state index contributed by atoms with van der Waals surface area (Å²) in [6, 6.07) is 0. The van der Waals surface area contributed by atoms with Gasteiger partial charge < -0.3 is 4.57 Å². The van der Waals surface area contributed by atoms with Crippen molar-refractivity contribution in [3.05, 3.63) is 21.9 Å². The number of hydrogen-bond acceptors (Lipinski definition) is 7. The van der Waals surface area contributed by atoms with Crippen molar-refractivity contribution in [3.8, 4) is 0 Å². The summed E-state index contributed by atoms with van der Waals surface area (Å²) >= 11 is 3.30. The molecule has 0 aromatic carbocycles. The van der Waals surface area contributed by atoms with Crippen LogP contribution in [0.15, 0.2) is 10.5 Å². The molecule has 6 nitrogen and oxygen atoms in total. The smallest absolute Gasteiger partial charge is 0.191 e. The average molecular weight is 373 g/mol. The van der Waals surface area contributed by atoms with Crippen LogP contribution in [0.1, 0.15) is 42.2 Å². The lowest BCUT2D eigenvalue weighted by Crippen LogP contribution is -2.09. The molecule has 0 aliphatic carbocycles. The van der Waals surface area contributed by atoms with Crippen molar-refractivity contribution in [2.24, 2.45) is 7.05 Å². The molecule has 0 bridgehead atoms. The molecule has 1 aliphatic heterocycles. The van der Waals surface area contributed by atoms with Crippen molar-refractivity contribution >= 4 is 32.9 Å². The molecule has 0 spiro atoms. The first kappa shape index (κ1) is 16.9. The maximum atomic E-state index is 11.6. The van der Waals surface area contributed by atoms with Crippen LogP contribution in [0.25, 0.3) is 0 Å². The van der Waals surface area contributed by atoms with Crippen LogP contribution in [-0.4, -0.2) is 39.7 Å². The summed E-state index contributed by atoms with van der Waals surface area (Å²) < 4.78 is 25.2. The first-order chi connectivity index (χ1) is 11.0. The molecule has 0 unspecified atom stereocenters. The normalized spacial score (nSPS) is 20.2. The second-order valence-corrected chi connectivity index (χ2v) is 9.88. The fraction of sp³-hybridized carbons (Fsp3) is 0.643. The number of hydrogen-bond donors (Lipinski definition) is 0. The van der Waals surface area contributed by atoms with E-state index < -0.39 is 9.84 Å². The highest BCUT2D eigenvalue weighted by atomic mass is 32.2. The maximum absolute atomic E-state index is 11.6. The van der Waals surface area contributed by atoms with Crippen LogP contribution in [0.3, 0.4) is 0 Å². The van der Waals surface area contributed by atoms with Crippen LogP contribution in [-0.2, 0) is 29.1 Å². The van der Waals surface area contributed by atoms with Gasteiger partial charge in [-0.3, -0.25) is 0 Å². The highest BCUT2D eigenvalue weighted by Crippen LogP contribution is 2.30. The van der Waals surface area contributed by atoms with E-state index in [1.54, 1.807) is 23.1 Å². The number of aromatic nitrogens is 4. The highest BCUT2D eigenvalue weighted by molar-refractivity contribution is 7.98. The third-order valence-electron chi connectivity index (χ3n) is 3.88. The van der Waals surface area contributed by atoms with E-state index in [0.717, 1.165) is 35.3 Å². The molecule has 9 heteroatoms. The van der Waals surface area contributed by atoms with E-state index in [0.29, 0.717) is 6.42 Å². The minimum absolute atomic E-state index is 0.0257. The zero-order chi connectivity index (χ0) is 16.4. The van der Waals surface area contributed by atoms with E-state index in [1.807, 2.05) is 11.6 Å². The van der Waals surface area contributed by atoms with E-state index in [1.165, 1.54) is 5.01 Å². The lowest BCUT2D eigenvalue weighted by Gasteiger charge is -2.07. The third kappa shape index (κ3) is 3.95. The molecule has 2 aromatic heterocycles. The van der Waals surface area contributed by atoms with E-state index in [9.17, 15) is 8.42 Å². The quantitative estimate of drug-likeness (QED) is 0.725. The first-order valence-electron chi connectivity index (χ1n) is 7.64. The zero-order valence-corrected chi connectivity index (χ0v) is 15.7. The molecule has 0 N–H and O–H groups in total. The predicted molar refractivity (Wildman–Crippen MR) is 92.7 cm³/mol. The lowest BCUT2D eigenvalue weighted by atomic mass is 10.1.